The summed E-state index contributed by atoms with van der Waals surface area (Å²) in [5, 5.41) is 4.15. The summed E-state index contributed by atoms with van der Waals surface area (Å²) in [5.41, 5.74) is 5.59. The van der Waals surface area contributed by atoms with E-state index in [2.05, 4.69) is 10.1 Å². The lowest BCUT2D eigenvalue weighted by molar-refractivity contribution is 0.183. The van der Waals surface area contributed by atoms with Crippen molar-refractivity contribution in [3.8, 4) is 0 Å². The molecular formula is C7H14N4O. The zero-order valence-corrected chi connectivity index (χ0v) is 7.40. The highest BCUT2D eigenvalue weighted by Crippen LogP contribution is 2.00. The quantitative estimate of drug-likeness (QED) is 0.687. The van der Waals surface area contributed by atoms with E-state index in [1.54, 1.807) is 18.1 Å². The predicted octanol–water partition coefficient (Wildman–Crippen LogP) is -0.0558. The number of nitrogens with two attached hydrogens (primary N) is 1. The number of hydrogen-bond donors (Lipinski definition) is 1. The van der Waals surface area contributed by atoms with E-state index >= 15 is 0 Å². The molecule has 0 aliphatic rings. The summed E-state index contributed by atoms with van der Waals surface area (Å²) in [6, 6.07) is -0.103. The molecule has 12 heavy (non-hydrogen) atoms. The number of hydrogen-bond acceptors (Lipinski definition) is 4. The molecule has 1 rings (SSSR count). The second-order valence-corrected chi connectivity index (χ2v) is 2.65. The lowest BCUT2D eigenvalue weighted by Gasteiger charge is -1.98. The summed E-state index contributed by atoms with van der Waals surface area (Å²) in [6.45, 7) is 3.22. The second kappa shape index (κ2) is 4.18. The number of methoxy groups -OCH3 is 1. The Hall–Kier alpha value is -0.940. The van der Waals surface area contributed by atoms with Gasteiger partial charge in [-0.25, -0.2) is 4.98 Å². The first kappa shape index (κ1) is 9.15. The Morgan fingerprint density at radius 1 is 1.75 bits per heavy atom. The van der Waals surface area contributed by atoms with E-state index in [1.165, 1.54) is 0 Å². The Kier molecular flexibility index (Phi) is 3.19. The van der Waals surface area contributed by atoms with E-state index in [4.69, 9.17) is 10.5 Å². The molecule has 5 nitrogen and oxygen atoms in total. The largest absolute Gasteiger partial charge is 0.383 e. The fraction of sp³-hybridized carbons (Fsp3) is 0.714. The Bertz CT molecular complexity index is 233. The normalized spacial score (nSPS) is 13.2. The van der Waals surface area contributed by atoms with Gasteiger partial charge in [-0.1, -0.05) is 0 Å². The summed E-state index contributed by atoms with van der Waals surface area (Å²) in [5.74, 6) is 0.672. The van der Waals surface area contributed by atoms with E-state index in [1.807, 2.05) is 6.92 Å². The third-order valence-corrected chi connectivity index (χ3v) is 1.49. The number of nitrogens with zero attached hydrogens (tertiary/aromatic N) is 3. The van der Waals surface area contributed by atoms with Gasteiger partial charge in [0.25, 0.3) is 0 Å². The van der Waals surface area contributed by atoms with Crippen LogP contribution in [-0.2, 0) is 11.3 Å². The summed E-state index contributed by atoms with van der Waals surface area (Å²) >= 11 is 0. The molecule has 0 saturated carbocycles. The molecule has 0 aliphatic heterocycles. The zero-order valence-electron chi connectivity index (χ0n) is 7.40. The van der Waals surface area contributed by atoms with Crippen LogP contribution in [0.5, 0.6) is 0 Å². The first-order valence-corrected chi connectivity index (χ1v) is 3.88. The topological polar surface area (TPSA) is 66.0 Å². The van der Waals surface area contributed by atoms with Crippen molar-refractivity contribution in [2.45, 2.75) is 19.5 Å². The van der Waals surface area contributed by atoms with Crippen LogP contribution in [0, 0.1) is 0 Å². The van der Waals surface area contributed by atoms with Crippen molar-refractivity contribution in [3.05, 3.63) is 12.2 Å². The first-order valence-electron chi connectivity index (χ1n) is 3.88. The minimum atomic E-state index is -0.103. The van der Waals surface area contributed by atoms with Crippen LogP contribution < -0.4 is 5.73 Å². The summed E-state index contributed by atoms with van der Waals surface area (Å²) < 4.78 is 6.62. The number of aromatic nitrogens is 3. The molecule has 1 aromatic heterocycles. The molecule has 1 atom stereocenters. The van der Waals surface area contributed by atoms with Crippen LogP contribution in [0.3, 0.4) is 0 Å². The highest BCUT2D eigenvalue weighted by atomic mass is 16.5. The van der Waals surface area contributed by atoms with Crippen molar-refractivity contribution in [1.82, 2.24) is 14.8 Å². The molecule has 0 aliphatic carbocycles. The third-order valence-electron chi connectivity index (χ3n) is 1.49. The fourth-order valence-corrected chi connectivity index (χ4v) is 0.810. The maximum atomic E-state index is 5.59. The minimum Gasteiger partial charge on any atom is -0.383 e. The van der Waals surface area contributed by atoms with Gasteiger partial charge < -0.3 is 10.5 Å². The Balaban J connectivity index is 2.52. The van der Waals surface area contributed by atoms with Gasteiger partial charge in [-0.2, -0.15) is 5.10 Å². The average Bonchev–Trinajstić information content (AvgIpc) is 2.48. The van der Waals surface area contributed by atoms with Gasteiger partial charge in [0.2, 0.25) is 0 Å². The van der Waals surface area contributed by atoms with Crippen molar-refractivity contribution in [1.29, 1.82) is 0 Å². The second-order valence-electron chi connectivity index (χ2n) is 2.65. The zero-order chi connectivity index (χ0) is 8.97. The van der Waals surface area contributed by atoms with Gasteiger partial charge in [0.05, 0.1) is 19.2 Å². The van der Waals surface area contributed by atoms with Crippen LogP contribution in [0.2, 0.25) is 0 Å². The maximum Gasteiger partial charge on any atom is 0.166 e. The summed E-state index contributed by atoms with van der Waals surface area (Å²) in [6.07, 6.45) is 1.66. The molecule has 68 valence electrons. The molecule has 1 heterocycles. The molecule has 0 bridgehead atoms. The van der Waals surface area contributed by atoms with E-state index in [9.17, 15) is 0 Å². The highest BCUT2D eigenvalue weighted by molar-refractivity contribution is 4.87. The minimum absolute atomic E-state index is 0.103. The van der Waals surface area contributed by atoms with Crippen molar-refractivity contribution in [3.63, 3.8) is 0 Å². The molecule has 2 N–H and O–H groups in total. The highest BCUT2D eigenvalue weighted by Gasteiger charge is 2.04. The third kappa shape index (κ3) is 2.28. The van der Waals surface area contributed by atoms with Gasteiger partial charge in [0, 0.05) is 7.11 Å². The van der Waals surface area contributed by atoms with Crippen LogP contribution in [0.15, 0.2) is 6.33 Å². The number of rotatable bonds is 4. The lowest BCUT2D eigenvalue weighted by Crippen LogP contribution is -2.09. The molecule has 0 spiro atoms. The van der Waals surface area contributed by atoms with Crippen molar-refractivity contribution in [2.75, 3.05) is 13.7 Å². The molecular weight excluding hydrogens is 156 g/mol. The van der Waals surface area contributed by atoms with Crippen molar-refractivity contribution >= 4 is 0 Å². The maximum absolute atomic E-state index is 5.59. The van der Waals surface area contributed by atoms with E-state index in [-0.39, 0.29) is 6.04 Å². The van der Waals surface area contributed by atoms with Gasteiger partial charge in [-0.05, 0) is 6.92 Å². The summed E-state index contributed by atoms with van der Waals surface area (Å²) in [7, 11) is 1.66. The molecule has 0 amide bonds. The van der Waals surface area contributed by atoms with Crippen molar-refractivity contribution < 1.29 is 4.74 Å². The molecule has 5 heteroatoms. The van der Waals surface area contributed by atoms with Gasteiger partial charge in [-0.15, -0.1) is 0 Å². The van der Waals surface area contributed by atoms with Crippen LogP contribution in [0.4, 0.5) is 0 Å². The Morgan fingerprint density at radius 2 is 2.50 bits per heavy atom. The summed E-state index contributed by atoms with van der Waals surface area (Å²) in [4.78, 5) is 4.04. The van der Waals surface area contributed by atoms with E-state index in [0.717, 1.165) is 6.54 Å². The van der Waals surface area contributed by atoms with Gasteiger partial charge in [0.1, 0.15) is 6.33 Å². The average molecular weight is 170 g/mol. The first-order chi connectivity index (χ1) is 5.74. The van der Waals surface area contributed by atoms with Crippen LogP contribution in [-0.4, -0.2) is 28.5 Å². The van der Waals surface area contributed by atoms with E-state index < -0.39 is 0 Å². The standard InChI is InChI=1S/C7H14N4O/c1-6(8)7-9-5-11(10-7)3-4-12-2/h5-6H,3-4,8H2,1-2H3. The lowest BCUT2D eigenvalue weighted by atomic mass is 10.4. The molecule has 0 radical (unpaired) electrons. The molecule has 0 fully saturated rings. The van der Waals surface area contributed by atoms with Crippen LogP contribution in [0.1, 0.15) is 18.8 Å². The van der Waals surface area contributed by atoms with Gasteiger partial charge in [-0.3, -0.25) is 4.68 Å². The van der Waals surface area contributed by atoms with Crippen LogP contribution >= 0.6 is 0 Å². The Labute approximate surface area is 71.5 Å². The number of ether oxygens (including phenoxy) is 1. The van der Waals surface area contributed by atoms with Gasteiger partial charge in [0.15, 0.2) is 5.82 Å². The Morgan fingerprint density at radius 3 is 3.00 bits per heavy atom. The molecule has 0 saturated heterocycles. The molecule has 0 aromatic carbocycles. The van der Waals surface area contributed by atoms with E-state index in [0.29, 0.717) is 12.4 Å². The molecule has 1 unspecified atom stereocenters. The predicted molar refractivity (Wildman–Crippen MR) is 44.5 cm³/mol. The van der Waals surface area contributed by atoms with Crippen LogP contribution in [0.25, 0.3) is 0 Å². The SMILES string of the molecule is COCCn1cnc(C(C)N)n1. The molecule has 1 aromatic rings. The fourth-order valence-electron chi connectivity index (χ4n) is 0.810. The van der Waals surface area contributed by atoms with Crippen molar-refractivity contribution in [2.24, 2.45) is 5.73 Å². The van der Waals surface area contributed by atoms with Gasteiger partial charge >= 0.3 is 0 Å². The monoisotopic (exact) mass is 170 g/mol. The smallest absolute Gasteiger partial charge is 0.166 e.